The Bertz CT molecular complexity index is 592. The van der Waals surface area contributed by atoms with Crippen LogP contribution in [0.1, 0.15) is 81.3 Å². The minimum absolute atomic E-state index is 0.0238. The molecule has 2 aliphatic carbocycles. The summed E-state index contributed by atoms with van der Waals surface area (Å²) in [5.41, 5.74) is 1.19. The van der Waals surface area contributed by atoms with Crippen molar-refractivity contribution in [2.75, 3.05) is 0 Å². The van der Waals surface area contributed by atoms with Gasteiger partial charge in [0, 0.05) is 5.56 Å². The van der Waals surface area contributed by atoms with E-state index in [4.69, 9.17) is 0 Å². The van der Waals surface area contributed by atoms with Crippen LogP contribution in [0.15, 0.2) is 36.9 Å². The molecular weight excluding hydrogens is 314 g/mol. The molecule has 0 bridgehead atoms. The Kier molecular flexibility index (Phi) is 6.09. The first-order valence-corrected chi connectivity index (χ1v) is 9.86. The van der Waals surface area contributed by atoms with E-state index in [-0.39, 0.29) is 17.6 Å². The molecule has 0 N–H and O–H groups in total. The van der Waals surface area contributed by atoms with Gasteiger partial charge >= 0.3 is 0 Å². The Morgan fingerprint density at radius 3 is 1.88 bits per heavy atom. The number of halogens is 2. The van der Waals surface area contributed by atoms with E-state index in [1.807, 2.05) is 6.08 Å². The molecule has 0 nitrogen and oxygen atoms in total. The van der Waals surface area contributed by atoms with Crippen molar-refractivity contribution in [2.24, 2.45) is 11.8 Å². The first-order chi connectivity index (χ1) is 12.1. The molecule has 25 heavy (non-hydrogen) atoms. The molecule has 1 aromatic rings. The third-order valence-corrected chi connectivity index (χ3v) is 6.32. The molecule has 2 heteroatoms. The predicted molar refractivity (Wildman–Crippen MR) is 101 cm³/mol. The first-order valence-electron chi connectivity index (χ1n) is 9.86. The van der Waals surface area contributed by atoms with Crippen LogP contribution in [0, 0.1) is 23.5 Å². The van der Waals surface area contributed by atoms with Crippen molar-refractivity contribution in [3.8, 4) is 0 Å². The zero-order valence-electron chi connectivity index (χ0n) is 15.3. The molecule has 2 fully saturated rings. The van der Waals surface area contributed by atoms with Crippen LogP contribution in [0.25, 0.3) is 0 Å². The maximum Gasteiger partial charge on any atom is 0.129 e. The van der Waals surface area contributed by atoms with E-state index in [1.54, 1.807) is 12.1 Å². The molecule has 136 valence electrons. The van der Waals surface area contributed by atoms with Gasteiger partial charge in [-0.05, 0) is 99.7 Å². The minimum Gasteiger partial charge on any atom is -0.207 e. The molecular formula is C23H30F2. The molecule has 0 unspecified atom stereocenters. The van der Waals surface area contributed by atoms with Gasteiger partial charge in [-0.1, -0.05) is 18.2 Å². The summed E-state index contributed by atoms with van der Waals surface area (Å²) in [6.45, 7) is 5.90. The van der Waals surface area contributed by atoms with Crippen molar-refractivity contribution in [3.63, 3.8) is 0 Å². The first kappa shape index (κ1) is 18.4. The summed E-state index contributed by atoms with van der Waals surface area (Å²) in [6.07, 6.45) is 14.3. The van der Waals surface area contributed by atoms with E-state index < -0.39 is 0 Å². The molecule has 0 saturated heterocycles. The van der Waals surface area contributed by atoms with Crippen molar-refractivity contribution < 1.29 is 8.78 Å². The zero-order chi connectivity index (χ0) is 17.8. The van der Waals surface area contributed by atoms with Gasteiger partial charge in [0.15, 0.2) is 0 Å². The Morgan fingerprint density at radius 1 is 0.840 bits per heavy atom. The molecule has 1 aromatic carbocycles. The van der Waals surface area contributed by atoms with Crippen LogP contribution in [0.5, 0.6) is 0 Å². The summed E-state index contributed by atoms with van der Waals surface area (Å²) in [4.78, 5) is 0. The van der Waals surface area contributed by atoms with Crippen LogP contribution in [-0.2, 0) is 0 Å². The Balaban J connectivity index is 1.71. The van der Waals surface area contributed by atoms with Crippen LogP contribution >= 0.6 is 0 Å². The van der Waals surface area contributed by atoms with Crippen LogP contribution in [-0.4, -0.2) is 0 Å². The van der Waals surface area contributed by atoms with Gasteiger partial charge in [0.05, 0.1) is 0 Å². The van der Waals surface area contributed by atoms with E-state index in [9.17, 15) is 8.78 Å². The summed E-state index contributed by atoms with van der Waals surface area (Å²) in [6, 6.07) is 3.25. The van der Waals surface area contributed by atoms with Gasteiger partial charge in [-0.15, -0.1) is 6.58 Å². The van der Waals surface area contributed by atoms with E-state index >= 15 is 0 Å². The normalized spacial score (nSPS) is 30.5. The topological polar surface area (TPSA) is 0 Å². The van der Waals surface area contributed by atoms with Crippen LogP contribution in [0.2, 0.25) is 0 Å². The van der Waals surface area contributed by atoms with Gasteiger partial charge in [0.1, 0.15) is 11.6 Å². The largest absolute Gasteiger partial charge is 0.207 e. The number of hydrogen-bond acceptors (Lipinski definition) is 0. The average molecular weight is 344 g/mol. The molecule has 0 radical (unpaired) electrons. The van der Waals surface area contributed by atoms with Gasteiger partial charge in [-0.3, -0.25) is 0 Å². The quantitative estimate of drug-likeness (QED) is 0.504. The lowest BCUT2D eigenvalue weighted by atomic mass is 9.76. The number of rotatable bonds is 4. The number of allylic oxidation sites excluding steroid dienone is 3. The second-order valence-corrected chi connectivity index (χ2v) is 7.88. The molecule has 0 spiro atoms. The van der Waals surface area contributed by atoms with Crippen molar-refractivity contribution >= 4 is 0 Å². The molecule has 0 aromatic heterocycles. The number of hydrogen-bond donors (Lipinski definition) is 0. The Morgan fingerprint density at radius 2 is 1.36 bits per heavy atom. The van der Waals surface area contributed by atoms with Gasteiger partial charge < -0.3 is 0 Å². The van der Waals surface area contributed by atoms with Gasteiger partial charge in [0.2, 0.25) is 0 Å². The van der Waals surface area contributed by atoms with Gasteiger partial charge in [0.25, 0.3) is 0 Å². The van der Waals surface area contributed by atoms with Crippen molar-refractivity contribution in [3.05, 3.63) is 59.7 Å². The lowest BCUT2D eigenvalue weighted by Gasteiger charge is -2.29. The van der Waals surface area contributed by atoms with E-state index in [1.165, 1.54) is 0 Å². The summed E-state index contributed by atoms with van der Waals surface area (Å²) in [5, 5.41) is 0. The SMILES string of the molecule is C=CC1CCC(c2c(F)cc(C3CCC(/C=C/C)CC3)cc2F)CC1. The average Bonchev–Trinajstić information content (AvgIpc) is 2.62. The zero-order valence-corrected chi connectivity index (χ0v) is 15.3. The second kappa shape index (κ2) is 8.29. The molecule has 2 saturated carbocycles. The smallest absolute Gasteiger partial charge is 0.129 e. The highest BCUT2D eigenvalue weighted by atomic mass is 19.1. The summed E-state index contributed by atoms with van der Waals surface area (Å²) in [7, 11) is 0. The Labute approximate surface area is 151 Å². The highest BCUT2D eigenvalue weighted by molar-refractivity contribution is 5.32. The maximum atomic E-state index is 14.8. The van der Waals surface area contributed by atoms with E-state index in [2.05, 4.69) is 25.7 Å². The van der Waals surface area contributed by atoms with Gasteiger partial charge in [-0.25, -0.2) is 8.78 Å². The predicted octanol–water partition coefficient (Wildman–Crippen LogP) is 7.27. The lowest BCUT2D eigenvalue weighted by Crippen LogP contribution is -2.16. The summed E-state index contributed by atoms with van der Waals surface area (Å²) >= 11 is 0. The third kappa shape index (κ3) is 4.22. The van der Waals surface area contributed by atoms with E-state index in [0.29, 0.717) is 23.3 Å². The third-order valence-electron chi connectivity index (χ3n) is 6.32. The highest BCUT2D eigenvalue weighted by Crippen LogP contribution is 2.41. The van der Waals surface area contributed by atoms with Crippen LogP contribution in [0.3, 0.4) is 0 Å². The maximum absolute atomic E-state index is 14.8. The molecule has 3 rings (SSSR count). The lowest BCUT2D eigenvalue weighted by molar-refractivity contribution is 0.356. The Hall–Kier alpha value is -1.44. The fourth-order valence-electron chi connectivity index (χ4n) is 4.79. The molecule has 2 aliphatic rings. The molecule has 0 amide bonds. The molecule has 0 atom stereocenters. The van der Waals surface area contributed by atoms with Crippen LogP contribution < -0.4 is 0 Å². The highest BCUT2D eigenvalue weighted by Gasteiger charge is 2.28. The minimum atomic E-state index is -0.326. The van der Waals surface area contributed by atoms with Gasteiger partial charge in [-0.2, -0.15) is 0 Å². The molecule has 0 heterocycles. The fourth-order valence-corrected chi connectivity index (χ4v) is 4.79. The fraction of sp³-hybridized carbons (Fsp3) is 0.565. The van der Waals surface area contributed by atoms with Crippen molar-refractivity contribution in [1.29, 1.82) is 0 Å². The van der Waals surface area contributed by atoms with Crippen molar-refractivity contribution in [1.82, 2.24) is 0 Å². The van der Waals surface area contributed by atoms with Crippen LogP contribution in [0.4, 0.5) is 8.78 Å². The molecule has 0 aliphatic heterocycles. The monoisotopic (exact) mass is 344 g/mol. The number of benzene rings is 1. The summed E-state index contributed by atoms with van der Waals surface area (Å²) < 4.78 is 29.5. The second-order valence-electron chi connectivity index (χ2n) is 7.88. The van der Waals surface area contributed by atoms with Crippen molar-refractivity contribution in [2.45, 2.75) is 70.1 Å². The standard InChI is InChI=1S/C23H30F2/c1-3-5-17-8-10-18(11-9-17)20-14-21(24)23(22(25)15-20)19-12-6-16(4-2)7-13-19/h3-5,14-19H,2,6-13H2,1H3/b5-3+. The van der Waals surface area contributed by atoms with E-state index in [0.717, 1.165) is 56.9 Å². The summed E-state index contributed by atoms with van der Waals surface area (Å²) in [5.74, 6) is 0.816.